The van der Waals surface area contributed by atoms with Gasteiger partial charge < -0.3 is 15.4 Å². The summed E-state index contributed by atoms with van der Waals surface area (Å²) in [6.07, 6.45) is 1.46. The van der Waals surface area contributed by atoms with E-state index in [0.29, 0.717) is 29.5 Å². The Morgan fingerprint density at radius 3 is 2.62 bits per heavy atom. The normalized spacial score (nSPS) is 13.0. The van der Waals surface area contributed by atoms with Crippen LogP contribution in [0, 0.1) is 0 Å². The summed E-state index contributed by atoms with van der Waals surface area (Å²) in [5.41, 5.74) is 2.08. The number of carbonyl (C=O) groups excluding carboxylic acids is 1. The molecular formula is C19H17N5O2. The Bertz CT molecular complexity index is 961. The Kier molecular flexibility index (Phi) is 4.10. The highest BCUT2D eigenvalue weighted by Crippen LogP contribution is 2.24. The number of amides is 1. The van der Waals surface area contributed by atoms with Gasteiger partial charge in [-0.3, -0.25) is 4.79 Å². The smallest absolute Gasteiger partial charge is 0.255 e. The van der Waals surface area contributed by atoms with Crippen LogP contribution >= 0.6 is 0 Å². The Morgan fingerprint density at radius 1 is 1.12 bits per heavy atom. The van der Waals surface area contributed by atoms with Gasteiger partial charge in [0.1, 0.15) is 17.8 Å². The standard InChI is InChI=1S/C19H17N5O2/c1-13-17(11-24-19(22-13)20-12-21-24)18(25)23-14-7-9-16(10-8-14)26-15-5-3-2-4-6-15/h2-10,12H,11H2,1H3,(H,23,25)(H,20,21,22). The van der Waals surface area contributed by atoms with Crippen LogP contribution in [0.25, 0.3) is 0 Å². The number of hydrogen-bond acceptors (Lipinski definition) is 5. The van der Waals surface area contributed by atoms with Crippen LogP contribution in [0.5, 0.6) is 11.5 Å². The summed E-state index contributed by atoms with van der Waals surface area (Å²) in [4.78, 5) is 16.7. The molecule has 0 saturated heterocycles. The van der Waals surface area contributed by atoms with Gasteiger partial charge in [0, 0.05) is 11.4 Å². The Labute approximate surface area is 150 Å². The molecule has 1 aromatic heterocycles. The zero-order valence-electron chi connectivity index (χ0n) is 14.1. The van der Waals surface area contributed by atoms with Crippen molar-refractivity contribution >= 4 is 17.5 Å². The van der Waals surface area contributed by atoms with Gasteiger partial charge in [0.25, 0.3) is 5.91 Å². The summed E-state index contributed by atoms with van der Waals surface area (Å²) in [5, 5.41) is 10.1. The minimum atomic E-state index is -0.173. The number of fused-ring (bicyclic) bond motifs is 1. The van der Waals surface area contributed by atoms with E-state index in [9.17, 15) is 4.79 Å². The average molecular weight is 347 g/mol. The van der Waals surface area contributed by atoms with Gasteiger partial charge in [-0.05, 0) is 43.3 Å². The highest BCUT2D eigenvalue weighted by atomic mass is 16.5. The first-order valence-corrected chi connectivity index (χ1v) is 8.18. The Balaban J connectivity index is 1.43. The molecule has 0 saturated carbocycles. The van der Waals surface area contributed by atoms with E-state index in [1.165, 1.54) is 6.33 Å². The molecule has 7 nitrogen and oxygen atoms in total. The first-order chi connectivity index (χ1) is 12.7. The van der Waals surface area contributed by atoms with E-state index in [1.807, 2.05) is 61.5 Å². The predicted octanol–water partition coefficient (Wildman–Crippen LogP) is 3.41. The molecule has 0 aliphatic carbocycles. The number of aromatic nitrogens is 3. The number of carbonyl (C=O) groups is 1. The summed E-state index contributed by atoms with van der Waals surface area (Å²) in [7, 11) is 0. The molecule has 0 spiro atoms. The van der Waals surface area contributed by atoms with Crippen LogP contribution < -0.4 is 15.4 Å². The fourth-order valence-corrected chi connectivity index (χ4v) is 2.67. The van der Waals surface area contributed by atoms with Gasteiger partial charge in [-0.25, -0.2) is 4.68 Å². The lowest BCUT2D eigenvalue weighted by Crippen LogP contribution is -2.26. The molecule has 2 aromatic carbocycles. The van der Waals surface area contributed by atoms with E-state index >= 15 is 0 Å². The average Bonchev–Trinajstić information content (AvgIpc) is 3.10. The lowest BCUT2D eigenvalue weighted by atomic mass is 10.1. The van der Waals surface area contributed by atoms with Crippen molar-refractivity contribution < 1.29 is 9.53 Å². The maximum atomic E-state index is 12.6. The number of nitrogens with zero attached hydrogens (tertiary/aromatic N) is 3. The number of para-hydroxylation sites is 1. The summed E-state index contributed by atoms with van der Waals surface area (Å²) < 4.78 is 7.40. The van der Waals surface area contributed by atoms with Crippen molar-refractivity contribution in [3.63, 3.8) is 0 Å². The molecule has 0 bridgehead atoms. The molecule has 0 radical (unpaired) electrons. The van der Waals surface area contributed by atoms with Crippen molar-refractivity contribution in [1.82, 2.24) is 14.8 Å². The van der Waals surface area contributed by atoms with Crippen LogP contribution in [-0.2, 0) is 11.3 Å². The van der Waals surface area contributed by atoms with Crippen molar-refractivity contribution in [2.24, 2.45) is 0 Å². The predicted molar refractivity (Wildman–Crippen MR) is 97.9 cm³/mol. The molecule has 4 rings (SSSR count). The molecule has 130 valence electrons. The third kappa shape index (κ3) is 3.27. The number of allylic oxidation sites excluding steroid dienone is 1. The fraction of sp³-hybridized carbons (Fsp3) is 0.105. The van der Waals surface area contributed by atoms with Crippen molar-refractivity contribution in [2.75, 3.05) is 10.6 Å². The van der Waals surface area contributed by atoms with Crippen LogP contribution in [0.2, 0.25) is 0 Å². The van der Waals surface area contributed by atoms with Crippen molar-refractivity contribution in [1.29, 1.82) is 0 Å². The fourth-order valence-electron chi connectivity index (χ4n) is 2.67. The summed E-state index contributed by atoms with van der Waals surface area (Å²) in [6.45, 7) is 2.24. The van der Waals surface area contributed by atoms with Crippen molar-refractivity contribution in [2.45, 2.75) is 13.5 Å². The van der Waals surface area contributed by atoms with E-state index in [-0.39, 0.29) is 5.91 Å². The van der Waals surface area contributed by atoms with Gasteiger partial charge >= 0.3 is 0 Å². The first-order valence-electron chi connectivity index (χ1n) is 8.18. The molecule has 0 unspecified atom stereocenters. The van der Waals surface area contributed by atoms with Crippen LogP contribution in [0.4, 0.5) is 11.6 Å². The zero-order chi connectivity index (χ0) is 17.9. The van der Waals surface area contributed by atoms with Crippen molar-refractivity contribution in [3.8, 4) is 11.5 Å². The topological polar surface area (TPSA) is 81.1 Å². The van der Waals surface area contributed by atoms with Gasteiger partial charge in [0.2, 0.25) is 5.95 Å². The van der Waals surface area contributed by atoms with E-state index in [4.69, 9.17) is 4.74 Å². The molecule has 26 heavy (non-hydrogen) atoms. The number of rotatable bonds is 4. The molecule has 1 aliphatic heterocycles. The van der Waals surface area contributed by atoms with E-state index in [1.54, 1.807) is 4.68 Å². The molecule has 7 heteroatoms. The maximum Gasteiger partial charge on any atom is 0.255 e. The Hall–Kier alpha value is -3.61. The highest BCUT2D eigenvalue weighted by molar-refractivity contribution is 6.04. The number of ether oxygens (including phenoxy) is 1. The van der Waals surface area contributed by atoms with Crippen LogP contribution in [0.1, 0.15) is 6.92 Å². The lowest BCUT2D eigenvalue weighted by Gasteiger charge is -2.19. The molecule has 3 aromatic rings. The molecule has 2 heterocycles. The quantitative estimate of drug-likeness (QED) is 0.756. The van der Waals surface area contributed by atoms with Crippen molar-refractivity contribution in [3.05, 3.63) is 72.2 Å². The van der Waals surface area contributed by atoms with E-state index in [2.05, 4.69) is 20.7 Å². The monoisotopic (exact) mass is 347 g/mol. The number of benzene rings is 2. The second kappa shape index (κ2) is 6.72. The molecule has 0 atom stereocenters. The number of anilines is 2. The van der Waals surface area contributed by atoms with Crippen LogP contribution in [0.3, 0.4) is 0 Å². The van der Waals surface area contributed by atoms with Gasteiger partial charge in [0.15, 0.2) is 0 Å². The van der Waals surface area contributed by atoms with Gasteiger partial charge in [-0.15, -0.1) is 0 Å². The van der Waals surface area contributed by atoms with Gasteiger partial charge in [-0.2, -0.15) is 10.1 Å². The second-order valence-corrected chi connectivity index (χ2v) is 5.86. The van der Waals surface area contributed by atoms with Crippen LogP contribution in [-0.4, -0.2) is 20.7 Å². The Morgan fingerprint density at radius 2 is 1.85 bits per heavy atom. The second-order valence-electron chi connectivity index (χ2n) is 5.86. The minimum absolute atomic E-state index is 0.173. The molecule has 1 aliphatic rings. The summed E-state index contributed by atoms with van der Waals surface area (Å²) in [6, 6.07) is 16.8. The van der Waals surface area contributed by atoms with E-state index in [0.717, 1.165) is 11.4 Å². The maximum absolute atomic E-state index is 12.6. The summed E-state index contributed by atoms with van der Waals surface area (Å²) in [5.74, 6) is 1.94. The summed E-state index contributed by atoms with van der Waals surface area (Å²) >= 11 is 0. The van der Waals surface area contributed by atoms with Gasteiger partial charge in [0.05, 0.1) is 12.1 Å². The molecule has 1 amide bonds. The highest BCUT2D eigenvalue weighted by Gasteiger charge is 2.21. The molecule has 0 fully saturated rings. The third-order valence-electron chi connectivity index (χ3n) is 4.04. The van der Waals surface area contributed by atoms with Gasteiger partial charge in [-0.1, -0.05) is 18.2 Å². The lowest BCUT2D eigenvalue weighted by molar-refractivity contribution is -0.113. The first kappa shape index (κ1) is 15.9. The number of hydrogen-bond donors (Lipinski definition) is 2. The minimum Gasteiger partial charge on any atom is -0.457 e. The number of nitrogens with one attached hydrogen (secondary N) is 2. The largest absolute Gasteiger partial charge is 0.457 e. The SMILES string of the molecule is CC1=C(C(=O)Nc2ccc(Oc3ccccc3)cc2)Cn2ncnc2N1. The molecular weight excluding hydrogens is 330 g/mol. The zero-order valence-corrected chi connectivity index (χ0v) is 14.1. The van der Waals surface area contributed by atoms with E-state index < -0.39 is 0 Å². The molecule has 2 N–H and O–H groups in total. The third-order valence-corrected chi connectivity index (χ3v) is 4.04. The van der Waals surface area contributed by atoms with Crippen LogP contribution in [0.15, 0.2) is 72.2 Å².